The van der Waals surface area contributed by atoms with Crippen LogP contribution in [0.3, 0.4) is 0 Å². The molecule has 0 atom stereocenters. The first-order chi connectivity index (χ1) is 10.4. The van der Waals surface area contributed by atoms with Crippen molar-refractivity contribution in [3.05, 3.63) is 11.6 Å². The number of hydrogen-bond acceptors (Lipinski definition) is 4. The van der Waals surface area contributed by atoms with Gasteiger partial charge in [0.2, 0.25) is 0 Å². The van der Waals surface area contributed by atoms with Crippen molar-refractivity contribution in [1.82, 2.24) is 25.4 Å². The summed E-state index contributed by atoms with van der Waals surface area (Å²) in [5, 5.41) is 15.0. The van der Waals surface area contributed by atoms with Crippen LogP contribution < -0.4 is 10.6 Å². The zero-order valence-corrected chi connectivity index (χ0v) is 15.5. The fraction of sp³-hybridized carbons (Fsp3) is 0.800. The summed E-state index contributed by atoms with van der Waals surface area (Å²) in [6.45, 7) is 10.9. The molecule has 1 heterocycles. The number of nitrogens with zero attached hydrogens (tertiary/aromatic N) is 4. The molecular weight excluding hydrogens is 296 g/mol. The van der Waals surface area contributed by atoms with E-state index in [0.717, 1.165) is 37.1 Å². The van der Waals surface area contributed by atoms with E-state index in [1.54, 1.807) is 0 Å². The summed E-state index contributed by atoms with van der Waals surface area (Å²) in [6.07, 6.45) is 4.43. The molecule has 1 aromatic heterocycles. The molecule has 0 aliphatic carbocycles. The number of aryl methyl sites for hydroxylation is 1. The highest BCUT2D eigenvalue weighted by Crippen LogP contribution is 2.19. The Morgan fingerprint density at radius 1 is 1.32 bits per heavy atom. The maximum absolute atomic E-state index is 4.64. The lowest BCUT2D eigenvalue weighted by atomic mass is 10.2. The summed E-state index contributed by atoms with van der Waals surface area (Å²) in [4.78, 5) is 4.64. The second kappa shape index (κ2) is 9.02. The number of hydrogen-bond donors (Lipinski definition) is 2. The van der Waals surface area contributed by atoms with Gasteiger partial charge in [0.15, 0.2) is 11.8 Å². The van der Waals surface area contributed by atoms with Crippen molar-refractivity contribution in [1.29, 1.82) is 0 Å². The number of aliphatic imine (C=N–C) groups is 1. The lowest BCUT2D eigenvalue weighted by molar-refractivity contribution is 0.653. The minimum atomic E-state index is 0.175. The zero-order valence-electron chi connectivity index (χ0n) is 14.7. The molecule has 0 saturated heterocycles. The van der Waals surface area contributed by atoms with Gasteiger partial charge in [-0.15, -0.1) is 10.2 Å². The second-order valence-electron chi connectivity index (χ2n) is 5.98. The number of aromatic nitrogens is 3. The Hall–Kier alpha value is -1.24. The van der Waals surface area contributed by atoms with Crippen molar-refractivity contribution in [3.8, 4) is 0 Å². The highest BCUT2D eigenvalue weighted by atomic mass is 32.2. The van der Waals surface area contributed by atoms with E-state index in [2.05, 4.69) is 52.9 Å². The molecule has 0 aliphatic heterocycles. The van der Waals surface area contributed by atoms with E-state index in [0.29, 0.717) is 6.54 Å². The molecular formula is C15H30N6S. The van der Waals surface area contributed by atoms with Gasteiger partial charge in [0.05, 0.1) is 0 Å². The van der Waals surface area contributed by atoms with Crippen LogP contribution in [-0.4, -0.2) is 44.8 Å². The van der Waals surface area contributed by atoms with Crippen LogP contribution in [0.15, 0.2) is 4.99 Å². The van der Waals surface area contributed by atoms with Crippen molar-refractivity contribution in [2.24, 2.45) is 12.0 Å². The summed E-state index contributed by atoms with van der Waals surface area (Å²) >= 11 is 1.85. The first-order valence-corrected chi connectivity index (χ1v) is 9.04. The lowest BCUT2D eigenvalue weighted by Crippen LogP contribution is -2.43. The number of rotatable bonds is 8. The summed E-state index contributed by atoms with van der Waals surface area (Å²) in [5.74, 6) is 2.62. The smallest absolute Gasteiger partial charge is 0.191 e. The first kappa shape index (κ1) is 18.8. The Bertz CT molecular complexity index is 480. The lowest BCUT2D eigenvalue weighted by Gasteiger charge is -2.24. The molecule has 1 rings (SSSR count). The molecule has 0 spiro atoms. The Balaban J connectivity index is 2.67. The molecule has 1 aromatic rings. The number of guanidine groups is 1. The van der Waals surface area contributed by atoms with Gasteiger partial charge in [0, 0.05) is 24.9 Å². The van der Waals surface area contributed by atoms with Gasteiger partial charge < -0.3 is 15.2 Å². The standard InChI is InChI=1S/C15H30N6S/c1-7-8-9-16-14(18-11-15(3,4)22-6)17-10-13-20-19-12(2)21(13)5/h7-11H2,1-6H3,(H2,16,17,18). The molecule has 6 nitrogen and oxygen atoms in total. The highest BCUT2D eigenvalue weighted by molar-refractivity contribution is 7.99. The fourth-order valence-corrected chi connectivity index (χ4v) is 1.88. The summed E-state index contributed by atoms with van der Waals surface area (Å²) in [7, 11) is 1.97. The van der Waals surface area contributed by atoms with E-state index in [1.165, 1.54) is 6.42 Å². The SMILES string of the molecule is CCCCNC(=NCc1nnc(C)n1C)NCC(C)(C)SC. The third kappa shape index (κ3) is 6.25. The summed E-state index contributed by atoms with van der Waals surface area (Å²) in [6, 6.07) is 0. The van der Waals surface area contributed by atoms with Gasteiger partial charge >= 0.3 is 0 Å². The molecule has 0 fully saturated rings. The molecule has 22 heavy (non-hydrogen) atoms. The van der Waals surface area contributed by atoms with Crippen molar-refractivity contribution in [2.75, 3.05) is 19.3 Å². The van der Waals surface area contributed by atoms with Crippen LogP contribution in [0.1, 0.15) is 45.3 Å². The molecule has 0 amide bonds. The fourth-order valence-electron chi connectivity index (χ4n) is 1.67. The average Bonchev–Trinajstić information content (AvgIpc) is 2.81. The van der Waals surface area contributed by atoms with Crippen molar-refractivity contribution >= 4 is 17.7 Å². The largest absolute Gasteiger partial charge is 0.356 e. The van der Waals surface area contributed by atoms with E-state index >= 15 is 0 Å². The zero-order chi connectivity index (χ0) is 16.6. The van der Waals surface area contributed by atoms with Crippen LogP contribution in [0, 0.1) is 6.92 Å². The van der Waals surface area contributed by atoms with Gasteiger partial charge in [-0.3, -0.25) is 0 Å². The van der Waals surface area contributed by atoms with Crippen LogP contribution in [-0.2, 0) is 13.6 Å². The first-order valence-electron chi connectivity index (χ1n) is 7.82. The normalized spacial score (nSPS) is 12.5. The van der Waals surface area contributed by atoms with Gasteiger partial charge in [-0.25, -0.2) is 4.99 Å². The number of nitrogens with one attached hydrogen (secondary N) is 2. The highest BCUT2D eigenvalue weighted by Gasteiger charge is 2.16. The van der Waals surface area contributed by atoms with Crippen LogP contribution in [0.2, 0.25) is 0 Å². The van der Waals surface area contributed by atoms with Gasteiger partial charge in [-0.2, -0.15) is 11.8 Å². The monoisotopic (exact) mass is 326 g/mol. The summed E-state index contributed by atoms with van der Waals surface area (Å²) in [5.41, 5.74) is 0. The molecule has 0 saturated carbocycles. The Kier molecular flexibility index (Phi) is 7.72. The molecule has 0 bridgehead atoms. The maximum atomic E-state index is 4.64. The Morgan fingerprint density at radius 3 is 2.59 bits per heavy atom. The second-order valence-corrected chi connectivity index (χ2v) is 7.50. The van der Waals surface area contributed by atoms with E-state index < -0.39 is 0 Å². The van der Waals surface area contributed by atoms with Crippen LogP contribution in [0.5, 0.6) is 0 Å². The van der Waals surface area contributed by atoms with Crippen LogP contribution in [0.25, 0.3) is 0 Å². The average molecular weight is 327 g/mol. The van der Waals surface area contributed by atoms with Crippen LogP contribution in [0.4, 0.5) is 0 Å². The van der Waals surface area contributed by atoms with Crippen molar-refractivity contribution < 1.29 is 0 Å². The van der Waals surface area contributed by atoms with E-state index in [1.807, 2.05) is 30.3 Å². The molecule has 0 radical (unpaired) electrons. The number of thioether (sulfide) groups is 1. The van der Waals surface area contributed by atoms with Crippen molar-refractivity contribution in [3.63, 3.8) is 0 Å². The molecule has 126 valence electrons. The third-order valence-electron chi connectivity index (χ3n) is 3.62. The molecule has 0 aromatic carbocycles. The van der Waals surface area contributed by atoms with Gasteiger partial charge in [0.25, 0.3) is 0 Å². The minimum Gasteiger partial charge on any atom is -0.356 e. The number of unbranched alkanes of at least 4 members (excludes halogenated alkanes) is 1. The van der Waals surface area contributed by atoms with Gasteiger partial charge in [-0.05, 0) is 33.4 Å². The summed E-state index contributed by atoms with van der Waals surface area (Å²) < 4.78 is 2.15. The minimum absolute atomic E-state index is 0.175. The Morgan fingerprint density at radius 2 is 2.05 bits per heavy atom. The predicted octanol–water partition coefficient (Wildman–Crippen LogP) is 2.10. The van der Waals surface area contributed by atoms with E-state index in [9.17, 15) is 0 Å². The van der Waals surface area contributed by atoms with Crippen molar-refractivity contribution in [2.45, 2.75) is 51.8 Å². The molecule has 0 unspecified atom stereocenters. The van der Waals surface area contributed by atoms with E-state index in [-0.39, 0.29) is 4.75 Å². The molecule has 0 aliphatic rings. The Labute approximate surface area is 138 Å². The third-order valence-corrected chi connectivity index (χ3v) is 4.87. The predicted molar refractivity (Wildman–Crippen MR) is 95.4 cm³/mol. The van der Waals surface area contributed by atoms with E-state index in [4.69, 9.17) is 0 Å². The van der Waals surface area contributed by atoms with Crippen LogP contribution >= 0.6 is 11.8 Å². The molecule has 7 heteroatoms. The topological polar surface area (TPSA) is 67.1 Å². The van der Waals surface area contributed by atoms with Gasteiger partial charge in [0.1, 0.15) is 12.4 Å². The van der Waals surface area contributed by atoms with Gasteiger partial charge in [-0.1, -0.05) is 13.3 Å². The molecule has 2 N–H and O–H groups in total. The quantitative estimate of drug-likeness (QED) is 0.435. The maximum Gasteiger partial charge on any atom is 0.191 e.